The zero-order chi connectivity index (χ0) is 7.84. The average molecular weight is 152 g/mol. The molecule has 0 aromatic heterocycles. The molecule has 1 saturated carbocycles. The molecule has 3 atom stereocenters. The smallest absolute Gasteiger partial charge is 0.0866 e. The van der Waals surface area contributed by atoms with Crippen molar-refractivity contribution in [3.05, 3.63) is 0 Å². The predicted octanol–water partition coefficient (Wildman–Crippen LogP) is -0.320. The quantitative estimate of drug-likeness (QED) is 0.552. The van der Waals surface area contributed by atoms with Gasteiger partial charge in [0.2, 0.25) is 0 Å². The van der Waals surface area contributed by atoms with Crippen molar-refractivity contribution in [3.63, 3.8) is 0 Å². The molecule has 1 saturated heterocycles. The van der Waals surface area contributed by atoms with Crippen molar-refractivity contribution in [2.24, 2.45) is 17.8 Å². The molecule has 0 aromatic carbocycles. The van der Waals surface area contributed by atoms with Crippen LogP contribution < -0.4 is 0 Å². The summed E-state index contributed by atoms with van der Waals surface area (Å²) in [6, 6.07) is 2.15. The molecule has 2 fully saturated rings. The molecule has 1 aliphatic carbocycles. The number of hydrogen-bond acceptors (Lipinski definition) is 3. The lowest BCUT2D eigenvalue weighted by Crippen LogP contribution is -2.25. The number of rotatable bonds is 2. The second-order valence-electron chi connectivity index (χ2n) is 3.53. The molecule has 1 heterocycles. The van der Waals surface area contributed by atoms with Gasteiger partial charge < -0.3 is 5.11 Å². The number of aliphatic hydroxyl groups excluding tert-OH is 1. The molecule has 2 aliphatic rings. The first-order chi connectivity index (χ1) is 5.36. The van der Waals surface area contributed by atoms with E-state index in [1.54, 1.807) is 0 Å². The molecule has 0 spiro atoms. The van der Waals surface area contributed by atoms with Gasteiger partial charge in [-0.05, 0) is 17.8 Å². The monoisotopic (exact) mass is 152 g/mol. The molecule has 3 heteroatoms. The van der Waals surface area contributed by atoms with Gasteiger partial charge in [0.1, 0.15) is 0 Å². The lowest BCUT2D eigenvalue weighted by molar-refractivity contribution is 0.229. The van der Waals surface area contributed by atoms with E-state index in [0.717, 1.165) is 13.1 Å². The Hall–Kier alpha value is -0.590. The van der Waals surface area contributed by atoms with Crippen LogP contribution in [-0.2, 0) is 0 Å². The third-order valence-corrected chi connectivity index (χ3v) is 2.95. The highest BCUT2D eigenvalue weighted by atomic mass is 16.3. The van der Waals surface area contributed by atoms with Crippen LogP contribution in [0.4, 0.5) is 0 Å². The summed E-state index contributed by atoms with van der Waals surface area (Å²) >= 11 is 0. The third-order valence-electron chi connectivity index (χ3n) is 2.95. The summed E-state index contributed by atoms with van der Waals surface area (Å²) in [5.74, 6) is 1.96. The Kier molecular flexibility index (Phi) is 1.59. The molecule has 0 radical (unpaired) electrons. The first kappa shape index (κ1) is 7.08. The number of nitriles is 1. The largest absolute Gasteiger partial charge is 0.396 e. The van der Waals surface area contributed by atoms with E-state index in [4.69, 9.17) is 10.4 Å². The summed E-state index contributed by atoms with van der Waals surface area (Å²) in [4.78, 5) is 2.17. The Morgan fingerprint density at radius 2 is 2.09 bits per heavy atom. The fourth-order valence-electron chi connectivity index (χ4n) is 2.24. The molecule has 1 N–H and O–H groups in total. The maximum atomic E-state index is 8.84. The number of fused-ring (bicyclic) bond motifs is 1. The van der Waals surface area contributed by atoms with E-state index in [1.807, 2.05) is 0 Å². The van der Waals surface area contributed by atoms with Crippen LogP contribution in [0.2, 0.25) is 0 Å². The second kappa shape index (κ2) is 2.47. The van der Waals surface area contributed by atoms with Crippen molar-refractivity contribution < 1.29 is 5.11 Å². The Balaban J connectivity index is 1.81. The number of hydrogen-bond donors (Lipinski definition) is 1. The normalized spacial score (nSPS) is 41.6. The topological polar surface area (TPSA) is 47.3 Å². The van der Waals surface area contributed by atoms with E-state index in [9.17, 15) is 0 Å². The minimum atomic E-state index is 0.343. The Bertz CT molecular complexity index is 187. The van der Waals surface area contributed by atoms with Gasteiger partial charge in [0.05, 0.1) is 12.6 Å². The zero-order valence-corrected chi connectivity index (χ0v) is 6.40. The minimum absolute atomic E-state index is 0.343. The summed E-state index contributed by atoms with van der Waals surface area (Å²) in [6.07, 6.45) is 0. The van der Waals surface area contributed by atoms with Crippen LogP contribution in [0.3, 0.4) is 0 Å². The van der Waals surface area contributed by atoms with Gasteiger partial charge in [0, 0.05) is 19.7 Å². The molecule has 1 unspecified atom stereocenters. The lowest BCUT2D eigenvalue weighted by atomic mass is 10.3. The van der Waals surface area contributed by atoms with Crippen LogP contribution in [0.5, 0.6) is 0 Å². The van der Waals surface area contributed by atoms with Crippen molar-refractivity contribution in [2.75, 3.05) is 26.2 Å². The second-order valence-corrected chi connectivity index (χ2v) is 3.53. The van der Waals surface area contributed by atoms with Gasteiger partial charge in [-0.1, -0.05) is 0 Å². The fourth-order valence-corrected chi connectivity index (χ4v) is 2.24. The van der Waals surface area contributed by atoms with E-state index >= 15 is 0 Å². The minimum Gasteiger partial charge on any atom is -0.396 e. The molecule has 3 nitrogen and oxygen atoms in total. The van der Waals surface area contributed by atoms with E-state index in [2.05, 4.69) is 11.0 Å². The van der Waals surface area contributed by atoms with Gasteiger partial charge in [0.25, 0.3) is 0 Å². The van der Waals surface area contributed by atoms with Crippen molar-refractivity contribution in [1.29, 1.82) is 5.26 Å². The van der Waals surface area contributed by atoms with Crippen molar-refractivity contribution in [1.82, 2.24) is 4.90 Å². The van der Waals surface area contributed by atoms with Crippen molar-refractivity contribution >= 4 is 0 Å². The fraction of sp³-hybridized carbons (Fsp3) is 0.875. The van der Waals surface area contributed by atoms with Gasteiger partial charge >= 0.3 is 0 Å². The molecule has 0 aromatic rings. The van der Waals surface area contributed by atoms with Crippen LogP contribution in [-0.4, -0.2) is 36.2 Å². The summed E-state index contributed by atoms with van der Waals surface area (Å²) in [5, 5.41) is 17.3. The Morgan fingerprint density at radius 3 is 2.55 bits per heavy atom. The third kappa shape index (κ3) is 1.03. The molecular formula is C8H12N2O. The highest BCUT2D eigenvalue weighted by Gasteiger charge is 2.54. The summed E-state index contributed by atoms with van der Waals surface area (Å²) < 4.78 is 0. The van der Waals surface area contributed by atoms with Crippen LogP contribution in [0.1, 0.15) is 0 Å². The van der Waals surface area contributed by atoms with Crippen LogP contribution in [0.25, 0.3) is 0 Å². The maximum absolute atomic E-state index is 8.84. The number of piperidine rings is 1. The SMILES string of the molecule is N#CCN1C[C@@H]2C(CO)[C@@H]2C1. The van der Waals surface area contributed by atoms with Crippen LogP contribution in [0, 0.1) is 29.1 Å². The average Bonchev–Trinajstić information content (AvgIpc) is 2.47. The molecule has 2 rings (SSSR count). The number of nitrogens with zero attached hydrogens (tertiary/aromatic N) is 2. The maximum Gasteiger partial charge on any atom is 0.0866 e. The van der Waals surface area contributed by atoms with Gasteiger partial charge in [-0.3, -0.25) is 4.90 Å². The first-order valence-electron chi connectivity index (χ1n) is 4.07. The van der Waals surface area contributed by atoms with Crippen molar-refractivity contribution in [2.45, 2.75) is 0 Å². The first-order valence-corrected chi connectivity index (χ1v) is 4.07. The summed E-state index contributed by atoms with van der Waals surface area (Å²) in [7, 11) is 0. The van der Waals surface area contributed by atoms with Crippen molar-refractivity contribution in [3.8, 4) is 6.07 Å². The van der Waals surface area contributed by atoms with E-state index in [-0.39, 0.29) is 0 Å². The molecule has 0 amide bonds. The number of aliphatic hydroxyl groups is 1. The molecule has 60 valence electrons. The van der Waals surface area contributed by atoms with E-state index in [1.165, 1.54) is 0 Å². The Labute approximate surface area is 66.2 Å². The number of likely N-dealkylation sites (tertiary alicyclic amines) is 1. The molecule has 0 bridgehead atoms. The molecule has 1 aliphatic heterocycles. The van der Waals surface area contributed by atoms with Gasteiger partial charge in [-0.15, -0.1) is 0 Å². The highest BCUT2D eigenvalue weighted by Crippen LogP contribution is 2.50. The Morgan fingerprint density at radius 1 is 1.45 bits per heavy atom. The van der Waals surface area contributed by atoms with Gasteiger partial charge in [0.15, 0.2) is 0 Å². The predicted molar refractivity (Wildman–Crippen MR) is 39.6 cm³/mol. The summed E-state index contributed by atoms with van der Waals surface area (Å²) in [6.45, 7) is 2.97. The van der Waals surface area contributed by atoms with E-state index in [0.29, 0.717) is 30.9 Å². The standard InChI is InChI=1S/C8H12N2O/c9-1-2-10-3-6-7(4-10)8(6)5-11/h6-8,11H,2-5H2/t6-,7+,8?. The zero-order valence-electron chi connectivity index (χ0n) is 6.40. The highest BCUT2D eigenvalue weighted by molar-refractivity contribution is 5.05. The van der Waals surface area contributed by atoms with Gasteiger partial charge in [-0.2, -0.15) is 5.26 Å². The van der Waals surface area contributed by atoms with Crippen LogP contribution >= 0.6 is 0 Å². The molecular weight excluding hydrogens is 140 g/mol. The van der Waals surface area contributed by atoms with E-state index < -0.39 is 0 Å². The van der Waals surface area contributed by atoms with Crippen LogP contribution in [0.15, 0.2) is 0 Å². The van der Waals surface area contributed by atoms with Gasteiger partial charge in [-0.25, -0.2) is 0 Å². The lowest BCUT2D eigenvalue weighted by Gasteiger charge is -2.13. The summed E-state index contributed by atoms with van der Waals surface area (Å²) in [5.41, 5.74) is 0. The molecule has 11 heavy (non-hydrogen) atoms.